The average molecular weight is 312 g/mol. The molecule has 0 saturated heterocycles. The molecule has 1 aromatic carbocycles. The predicted molar refractivity (Wildman–Crippen MR) is 83.5 cm³/mol. The molecule has 0 radical (unpaired) electrons. The van der Waals surface area contributed by atoms with E-state index in [1.54, 1.807) is 12.1 Å². The van der Waals surface area contributed by atoms with Crippen LogP contribution in [0.15, 0.2) is 18.2 Å². The number of para-hydroxylation sites is 1. The summed E-state index contributed by atoms with van der Waals surface area (Å²) in [5.74, 6) is 1.70. The van der Waals surface area contributed by atoms with Gasteiger partial charge in [-0.05, 0) is 30.4 Å². The molecule has 0 spiro atoms. The Balaban J connectivity index is 2.01. The summed E-state index contributed by atoms with van der Waals surface area (Å²) in [6, 6.07) is 5.38. The van der Waals surface area contributed by atoms with Gasteiger partial charge in [0.25, 0.3) is 5.91 Å². The van der Waals surface area contributed by atoms with Crippen molar-refractivity contribution < 1.29 is 14.3 Å². The maximum absolute atomic E-state index is 12.4. The van der Waals surface area contributed by atoms with Crippen LogP contribution in [0.5, 0.6) is 11.5 Å². The van der Waals surface area contributed by atoms with Gasteiger partial charge in [0, 0.05) is 12.4 Å². The Morgan fingerprint density at radius 1 is 1.33 bits per heavy atom. The number of ether oxygens (including phenoxy) is 2. The first-order chi connectivity index (χ1) is 10.0. The molecular formula is C16H22ClNO3. The fourth-order valence-corrected chi connectivity index (χ4v) is 2.43. The number of carbonyl (C=O) groups excluding carboxylic acids is 1. The summed E-state index contributed by atoms with van der Waals surface area (Å²) in [5, 5.41) is 2.98. The maximum Gasteiger partial charge on any atom is 0.255 e. The van der Waals surface area contributed by atoms with Gasteiger partial charge in [-0.3, -0.25) is 4.79 Å². The zero-order chi connectivity index (χ0) is 15.3. The normalized spacial score (nSPS) is 13.9. The number of halogens is 1. The molecule has 4 nitrogen and oxygen atoms in total. The Morgan fingerprint density at radius 2 is 2.10 bits per heavy atom. The van der Waals surface area contributed by atoms with Crippen LogP contribution in [0, 0.1) is 5.41 Å². The zero-order valence-corrected chi connectivity index (χ0v) is 13.3. The minimum atomic E-state index is -0.128. The Morgan fingerprint density at radius 3 is 2.86 bits per heavy atom. The van der Waals surface area contributed by atoms with Crippen molar-refractivity contribution in [3.05, 3.63) is 23.8 Å². The Bertz CT molecular complexity index is 502. The number of fused-ring (bicyclic) bond motifs is 1. The van der Waals surface area contributed by atoms with E-state index in [9.17, 15) is 4.79 Å². The largest absolute Gasteiger partial charge is 0.486 e. The van der Waals surface area contributed by atoms with E-state index in [0.29, 0.717) is 42.7 Å². The number of carbonyl (C=O) groups is 1. The van der Waals surface area contributed by atoms with Crippen LogP contribution in [0.25, 0.3) is 0 Å². The van der Waals surface area contributed by atoms with E-state index < -0.39 is 0 Å². The topological polar surface area (TPSA) is 47.6 Å². The van der Waals surface area contributed by atoms with E-state index in [0.717, 1.165) is 12.8 Å². The minimum Gasteiger partial charge on any atom is -0.486 e. The van der Waals surface area contributed by atoms with E-state index >= 15 is 0 Å². The van der Waals surface area contributed by atoms with Crippen LogP contribution < -0.4 is 14.8 Å². The summed E-state index contributed by atoms with van der Waals surface area (Å²) in [6.07, 6.45) is 1.92. The molecule has 1 N–H and O–H groups in total. The number of alkyl halides is 1. The van der Waals surface area contributed by atoms with Crippen molar-refractivity contribution >= 4 is 17.5 Å². The molecule has 0 atom stereocenters. The maximum atomic E-state index is 12.4. The van der Waals surface area contributed by atoms with E-state index in [1.807, 2.05) is 6.07 Å². The lowest BCUT2D eigenvalue weighted by Gasteiger charge is -2.25. The third kappa shape index (κ3) is 4.27. The van der Waals surface area contributed by atoms with Crippen LogP contribution in [-0.2, 0) is 0 Å². The molecular weight excluding hydrogens is 290 g/mol. The summed E-state index contributed by atoms with van der Waals surface area (Å²) >= 11 is 5.73. The minimum absolute atomic E-state index is 0.0246. The number of nitrogens with one attached hydrogen (secondary N) is 1. The van der Waals surface area contributed by atoms with Gasteiger partial charge in [-0.2, -0.15) is 0 Å². The van der Waals surface area contributed by atoms with Crippen LogP contribution >= 0.6 is 11.6 Å². The van der Waals surface area contributed by atoms with Crippen LogP contribution in [0.1, 0.15) is 37.0 Å². The Kier molecular flexibility index (Phi) is 5.34. The Labute approximate surface area is 130 Å². The molecule has 0 aromatic heterocycles. The lowest BCUT2D eigenvalue weighted by molar-refractivity contribution is 0.0923. The van der Waals surface area contributed by atoms with Crippen molar-refractivity contribution in [3.8, 4) is 11.5 Å². The number of hydrogen-bond acceptors (Lipinski definition) is 3. The highest BCUT2D eigenvalue weighted by atomic mass is 35.5. The van der Waals surface area contributed by atoms with Crippen molar-refractivity contribution in [2.75, 3.05) is 25.6 Å². The van der Waals surface area contributed by atoms with E-state index in [4.69, 9.17) is 21.1 Å². The molecule has 1 aliphatic heterocycles. The number of amides is 1. The third-order valence-electron chi connectivity index (χ3n) is 3.53. The molecule has 0 bridgehead atoms. The van der Waals surface area contributed by atoms with Crippen molar-refractivity contribution in [2.45, 2.75) is 26.7 Å². The Hall–Kier alpha value is -1.42. The number of benzene rings is 1. The van der Waals surface area contributed by atoms with Gasteiger partial charge in [0.05, 0.1) is 5.56 Å². The third-order valence-corrected chi connectivity index (χ3v) is 3.79. The van der Waals surface area contributed by atoms with Crippen LogP contribution in [0.2, 0.25) is 0 Å². The highest BCUT2D eigenvalue weighted by molar-refractivity contribution is 6.17. The highest BCUT2D eigenvalue weighted by Crippen LogP contribution is 2.33. The van der Waals surface area contributed by atoms with Crippen LogP contribution in [0.3, 0.4) is 0 Å². The van der Waals surface area contributed by atoms with Gasteiger partial charge in [-0.25, -0.2) is 0 Å². The highest BCUT2D eigenvalue weighted by Gasteiger charge is 2.23. The summed E-state index contributed by atoms with van der Waals surface area (Å²) in [7, 11) is 0. The quantitative estimate of drug-likeness (QED) is 0.821. The molecule has 2 rings (SSSR count). The van der Waals surface area contributed by atoms with E-state index in [1.165, 1.54) is 0 Å². The second-order valence-corrected chi connectivity index (χ2v) is 6.35. The SMILES string of the molecule is CC(C)(CCCCl)CNC(=O)c1cccc2c1OCCO2. The molecule has 116 valence electrons. The fraction of sp³-hybridized carbons (Fsp3) is 0.562. The van der Waals surface area contributed by atoms with E-state index in [2.05, 4.69) is 19.2 Å². The molecule has 1 aliphatic rings. The average Bonchev–Trinajstić information content (AvgIpc) is 2.50. The van der Waals surface area contributed by atoms with Gasteiger partial charge in [-0.1, -0.05) is 19.9 Å². The lowest BCUT2D eigenvalue weighted by atomic mass is 9.88. The first-order valence-electron chi connectivity index (χ1n) is 7.26. The predicted octanol–water partition coefficient (Wildman–Crippen LogP) is 3.23. The summed E-state index contributed by atoms with van der Waals surface area (Å²) in [5.41, 5.74) is 0.553. The standard InChI is InChI=1S/C16H22ClNO3/c1-16(2,7-4-8-17)11-18-15(19)12-5-3-6-13-14(12)21-10-9-20-13/h3,5-6H,4,7-11H2,1-2H3,(H,18,19). The number of rotatable bonds is 6. The summed E-state index contributed by atoms with van der Waals surface area (Å²) in [6.45, 7) is 5.84. The number of hydrogen-bond donors (Lipinski definition) is 1. The molecule has 5 heteroatoms. The summed E-state index contributed by atoms with van der Waals surface area (Å²) in [4.78, 5) is 12.4. The van der Waals surface area contributed by atoms with E-state index in [-0.39, 0.29) is 11.3 Å². The van der Waals surface area contributed by atoms with Crippen LogP contribution in [0.4, 0.5) is 0 Å². The molecule has 0 aliphatic carbocycles. The zero-order valence-electron chi connectivity index (χ0n) is 12.6. The van der Waals surface area contributed by atoms with Crippen molar-refractivity contribution in [1.29, 1.82) is 0 Å². The van der Waals surface area contributed by atoms with Gasteiger partial charge in [-0.15, -0.1) is 11.6 Å². The fourth-order valence-electron chi connectivity index (χ4n) is 2.30. The smallest absolute Gasteiger partial charge is 0.255 e. The molecule has 0 saturated carbocycles. The van der Waals surface area contributed by atoms with Gasteiger partial charge in [0.1, 0.15) is 13.2 Å². The summed E-state index contributed by atoms with van der Waals surface area (Å²) < 4.78 is 11.1. The second-order valence-electron chi connectivity index (χ2n) is 5.97. The van der Waals surface area contributed by atoms with Gasteiger partial charge in [0.15, 0.2) is 11.5 Å². The molecule has 1 amide bonds. The van der Waals surface area contributed by atoms with Crippen molar-refractivity contribution in [1.82, 2.24) is 5.32 Å². The first kappa shape index (κ1) is 16.0. The van der Waals surface area contributed by atoms with Crippen molar-refractivity contribution in [3.63, 3.8) is 0 Å². The molecule has 21 heavy (non-hydrogen) atoms. The molecule has 1 heterocycles. The first-order valence-corrected chi connectivity index (χ1v) is 7.80. The van der Waals surface area contributed by atoms with Gasteiger partial charge >= 0.3 is 0 Å². The monoisotopic (exact) mass is 311 g/mol. The second kappa shape index (κ2) is 7.03. The van der Waals surface area contributed by atoms with Crippen molar-refractivity contribution in [2.24, 2.45) is 5.41 Å². The molecule has 0 unspecified atom stereocenters. The van der Waals surface area contributed by atoms with Crippen LogP contribution in [-0.4, -0.2) is 31.5 Å². The molecule has 0 fully saturated rings. The lowest BCUT2D eigenvalue weighted by Crippen LogP contribution is -2.34. The van der Waals surface area contributed by atoms with Gasteiger partial charge in [0.2, 0.25) is 0 Å². The van der Waals surface area contributed by atoms with Gasteiger partial charge < -0.3 is 14.8 Å². The molecule has 1 aromatic rings.